The number of rotatable bonds is 14. The molecule has 0 atom stereocenters. The second-order valence-corrected chi connectivity index (χ2v) is 5.46. The molecule has 0 bridgehead atoms. The maximum absolute atomic E-state index is 11.6. The molecule has 6 heteroatoms. The van der Waals surface area contributed by atoms with E-state index in [4.69, 9.17) is 9.47 Å². The SMILES string of the molecule is C=CC(=O)CCC(CCC(=O)C=C)(COC(=O)C=C)COC(=O)C=C. The van der Waals surface area contributed by atoms with Gasteiger partial charge in [-0.1, -0.05) is 26.3 Å². The van der Waals surface area contributed by atoms with Crippen molar-refractivity contribution in [3.8, 4) is 0 Å². The van der Waals surface area contributed by atoms with Gasteiger partial charge in [-0.3, -0.25) is 9.59 Å². The van der Waals surface area contributed by atoms with Crippen molar-refractivity contribution >= 4 is 23.5 Å². The van der Waals surface area contributed by atoms with Crippen LogP contribution in [0, 0.1) is 5.41 Å². The first-order valence-corrected chi connectivity index (χ1v) is 7.71. The second-order valence-electron chi connectivity index (χ2n) is 5.46. The summed E-state index contributed by atoms with van der Waals surface area (Å²) < 4.78 is 10.2. The van der Waals surface area contributed by atoms with Crippen molar-refractivity contribution in [2.45, 2.75) is 25.7 Å². The van der Waals surface area contributed by atoms with Crippen molar-refractivity contribution in [2.24, 2.45) is 5.41 Å². The number of hydrogen-bond acceptors (Lipinski definition) is 6. The lowest BCUT2D eigenvalue weighted by molar-refractivity contribution is -0.149. The number of carbonyl (C=O) groups excluding carboxylic acids is 4. The van der Waals surface area contributed by atoms with Crippen LogP contribution in [-0.4, -0.2) is 36.7 Å². The van der Waals surface area contributed by atoms with Crippen LogP contribution in [0.4, 0.5) is 0 Å². The van der Waals surface area contributed by atoms with E-state index < -0.39 is 17.4 Å². The highest BCUT2D eigenvalue weighted by Gasteiger charge is 2.34. The summed E-state index contributed by atoms with van der Waals surface area (Å²) in [5, 5.41) is 0. The number of ether oxygens (including phenoxy) is 2. The number of esters is 2. The minimum atomic E-state index is -0.894. The van der Waals surface area contributed by atoms with Gasteiger partial charge in [0, 0.05) is 30.4 Å². The lowest BCUT2D eigenvalue weighted by Crippen LogP contribution is -2.35. The summed E-state index contributed by atoms with van der Waals surface area (Å²) in [5.41, 5.74) is -0.894. The monoisotopic (exact) mass is 348 g/mol. The molecule has 0 aliphatic carbocycles. The molecule has 0 spiro atoms. The molecule has 0 N–H and O–H groups in total. The van der Waals surface area contributed by atoms with Crippen LogP contribution in [0.25, 0.3) is 0 Å². The topological polar surface area (TPSA) is 86.7 Å². The van der Waals surface area contributed by atoms with Gasteiger partial charge in [-0.2, -0.15) is 0 Å². The molecule has 0 radical (unpaired) electrons. The Hall–Kier alpha value is -2.76. The average molecular weight is 348 g/mol. The van der Waals surface area contributed by atoms with Gasteiger partial charge in [-0.05, 0) is 25.0 Å². The molecule has 0 amide bonds. The van der Waals surface area contributed by atoms with Crippen molar-refractivity contribution < 1.29 is 28.7 Å². The smallest absolute Gasteiger partial charge is 0.330 e. The van der Waals surface area contributed by atoms with Crippen LogP contribution in [0.1, 0.15) is 25.7 Å². The quantitative estimate of drug-likeness (QED) is 0.354. The maximum atomic E-state index is 11.6. The zero-order chi connectivity index (χ0) is 19.3. The van der Waals surface area contributed by atoms with Crippen LogP contribution in [0.5, 0.6) is 0 Å². The maximum Gasteiger partial charge on any atom is 0.330 e. The Kier molecular flexibility index (Phi) is 10.4. The van der Waals surface area contributed by atoms with E-state index in [9.17, 15) is 19.2 Å². The third kappa shape index (κ3) is 9.20. The van der Waals surface area contributed by atoms with Crippen molar-refractivity contribution in [2.75, 3.05) is 13.2 Å². The second kappa shape index (κ2) is 11.7. The molecule has 0 rings (SSSR count). The molecule has 0 saturated heterocycles. The molecule has 25 heavy (non-hydrogen) atoms. The molecule has 0 aliphatic heterocycles. The van der Waals surface area contributed by atoms with Crippen LogP contribution < -0.4 is 0 Å². The molecule has 0 aromatic rings. The molecule has 0 heterocycles. The van der Waals surface area contributed by atoms with Crippen LogP contribution in [-0.2, 0) is 28.7 Å². The van der Waals surface area contributed by atoms with Crippen molar-refractivity contribution in [1.82, 2.24) is 0 Å². The summed E-state index contributed by atoms with van der Waals surface area (Å²) in [6.07, 6.45) is 5.10. The van der Waals surface area contributed by atoms with E-state index in [0.717, 1.165) is 12.2 Å². The predicted molar refractivity (Wildman–Crippen MR) is 93.6 cm³/mol. The van der Waals surface area contributed by atoms with Gasteiger partial charge in [0.1, 0.15) is 13.2 Å². The number of carbonyl (C=O) groups is 4. The van der Waals surface area contributed by atoms with Gasteiger partial charge in [0.25, 0.3) is 0 Å². The average Bonchev–Trinajstić information content (AvgIpc) is 2.65. The molecule has 0 unspecified atom stereocenters. The van der Waals surface area contributed by atoms with E-state index in [1.807, 2.05) is 0 Å². The molecular formula is C19H24O6. The molecule has 0 fully saturated rings. The van der Waals surface area contributed by atoms with E-state index in [1.165, 1.54) is 12.2 Å². The standard InChI is InChI=1S/C19H24O6/c1-5-15(20)9-11-19(12-10-16(21)6-2,13-24-17(22)7-3)14-25-18(23)8-4/h5-8H,1-4,9-14H2. The highest BCUT2D eigenvalue weighted by Crippen LogP contribution is 2.32. The summed E-state index contributed by atoms with van der Waals surface area (Å²) in [7, 11) is 0. The van der Waals surface area contributed by atoms with Crippen LogP contribution in [0.2, 0.25) is 0 Å². The first kappa shape index (κ1) is 22.2. The zero-order valence-electron chi connectivity index (χ0n) is 14.3. The zero-order valence-corrected chi connectivity index (χ0v) is 14.3. The van der Waals surface area contributed by atoms with Crippen LogP contribution in [0.3, 0.4) is 0 Å². The van der Waals surface area contributed by atoms with Crippen LogP contribution >= 0.6 is 0 Å². The molecular weight excluding hydrogens is 324 g/mol. The fraction of sp³-hybridized carbons (Fsp3) is 0.368. The number of allylic oxidation sites excluding steroid dienone is 2. The molecule has 0 aliphatic rings. The Labute approximate surface area is 147 Å². The van der Waals surface area contributed by atoms with Crippen molar-refractivity contribution in [3.63, 3.8) is 0 Å². The lowest BCUT2D eigenvalue weighted by Gasteiger charge is -2.32. The Balaban J connectivity index is 5.36. The van der Waals surface area contributed by atoms with Gasteiger partial charge in [0.15, 0.2) is 11.6 Å². The van der Waals surface area contributed by atoms with E-state index in [-0.39, 0.29) is 50.5 Å². The molecule has 0 aromatic heterocycles. The third-order valence-electron chi connectivity index (χ3n) is 3.63. The minimum absolute atomic E-state index is 0.114. The first-order chi connectivity index (χ1) is 11.8. The van der Waals surface area contributed by atoms with E-state index >= 15 is 0 Å². The Morgan fingerprint density at radius 1 is 0.680 bits per heavy atom. The molecule has 6 nitrogen and oxygen atoms in total. The summed E-state index contributed by atoms with van der Waals surface area (Å²) in [6.45, 7) is 13.2. The van der Waals surface area contributed by atoms with Gasteiger partial charge in [0.2, 0.25) is 0 Å². The van der Waals surface area contributed by atoms with E-state index in [0.29, 0.717) is 0 Å². The van der Waals surface area contributed by atoms with Gasteiger partial charge in [-0.15, -0.1) is 0 Å². The fourth-order valence-electron chi connectivity index (χ4n) is 2.00. The summed E-state index contributed by atoms with van der Waals surface area (Å²) in [6, 6.07) is 0. The van der Waals surface area contributed by atoms with E-state index in [2.05, 4.69) is 26.3 Å². The van der Waals surface area contributed by atoms with Crippen molar-refractivity contribution in [1.29, 1.82) is 0 Å². The summed E-state index contributed by atoms with van der Waals surface area (Å²) >= 11 is 0. The van der Waals surface area contributed by atoms with Gasteiger partial charge in [0.05, 0.1) is 0 Å². The highest BCUT2D eigenvalue weighted by molar-refractivity contribution is 5.89. The highest BCUT2D eigenvalue weighted by atomic mass is 16.5. The predicted octanol–water partition coefficient (Wildman–Crippen LogP) is 2.50. The van der Waals surface area contributed by atoms with Gasteiger partial charge >= 0.3 is 11.9 Å². The van der Waals surface area contributed by atoms with Crippen LogP contribution in [0.15, 0.2) is 50.6 Å². The molecule has 0 aromatic carbocycles. The Morgan fingerprint density at radius 2 is 1.04 bits per heavy atom. The normalized spacial score (nSPS) is 10.2. The fourth-order valence-corrected chi connectivity index (χ4v) is 2.00. The lowest BCUT2D eigenvalue weighted by atomic mass is 9.79. The van der Waals surface area contributed by atoms with Gasteiger partial charge < -0.3 is 9.47 Å². The van der Waals surface area contributed by atoms with E-state index in [1.54, 1.807) is 0 Å². The largest absolute Gasteiger partial charge is 0.462 e. The first-order valence-electron chi connectivity index (χ1n) is 7.71. The minimum Gasteiger partial charge on any atom is -0.462 e. The summed E-state index contributed by atoms with van der Waals surface area (Å²) in [5.74, 6) is -1.71. The van der Waals surface area contributed by atoms with Crippen molar-refractivity contribution in [3.05, 3.63) is 50.6 Å². The number of hydrogen-bond donors (Lipinski definition) is 0. The Bertz CT molecular complexity index is 457. The van der Waals surface area contributed by atoms with Gasteiger partial charge in [-0.25, -0.2) is 9.59 Å². The molecule has 0 saturated carbocycles. The third-order valence-corrected chi connectivity index (χ3v) is 3.63. The molecule has 136 valence electrons. The number of ketones is 2. The Morgan fingerprint density at radius 3 is 1.32 bits per heavy atom. The summed E-state index contributed by atoms with van der Waals surface area (Å²) in [4.78, 5) is 46.0.